The third-order valence-electron chi connectivity index (χ3n) is 4.19. The molecule has 2 aromatic rings. The molecule has 2 aromatic carbocycles. The summed E-state index contributed by atoms with van der Waals surface area (Å²) in [7, 11) is 0. The van der Waals surface area contributed by atoms with Gasteiger partial charge in [-0.25, -0.2) is 0 Å². The van der Waals surface area contributed by atoms with Crippen molar-refractivity contribution in [3.63, 3.8) is 0 Å². The van der Waals surface area contributed by atoms with Crippen molar-refractivity contribution in [2.24, 2.45) is 0 Å². The zero-order valence-corrected chi connectivity index (χ0v) is 20.6. The van der Waals surface area contributed by atoms with Gasteiger partial charge in [0, 0.05) is 0 Å². The molecule has 0 fully saturated rings. The zero-order chi connectivity index (χ0) is 18.8. The van der Waals surface area contributed by atoms with Gasteiger partial charge in [0.05, 0.1) is 0 Å². The van der Waals surface area contributed by atoms with Crippen molar-refractivity contribution in [2.45, 2.75) is 66.2 Å². The summed E-state index contributed by atoms with van der Waals surface area (Å²) >= 11 is -1.03. The van der Waals surface area contributed by atoms with Crippen LogP contribution in [0.1, 0.15) is 63.8 Å². The standard InChI is InChI=1S/2C11H16O.2ClH.Ti/c2*1-8-5-6-10(12)9(7-8)11(2,3)4;;;/h2*5-7,12H,1-4H3;2*1H;/q;;;;+4/p-4. The van der Waals surface area contributed by atoms with Crippen molar-refractivity contribution < 1.29 is 51.4 Å². The van der Waals surface area contributed by atoms with Gasteiger partial charge in [-0.3, -0.25) is 0 Å². The smallest absolute Gasteiger partial charge is 1.00 e. The summed E-state index contributed by atoms with van der Waals surface area (Å²) in [5, 5.41) is 0. The molecule has 0 aliphatic heterocycles. The second-order valence-corrected chi connectivity index (χ2v) is 9.68. The molecule has 148 valence electrons. The first-order valence-corrected chi connectivity index (χ1v) is 10.1. The first-order valence-electron chi connectivity index (χ1n) is 8.79. The molecule has 0 atom stereocenters. The van der Waals surface area contributed by atoms with E-state index in [0.29, 0.717) is 0 Å². The van der Waals surface area contributed by atoms with Gasteiger partial charge in [0.1, 0.15) is 0 Å². The van der Waals surface area contributed by atoms with Crippen LogP contribution in [-0.2, 0) is 30.8 Å². The third-order valence-corrected chi connectivity index (χ3v) is 5.14. The van der Waals surface area contributed by atoms with Crippen molar-refractivity contribution in [3.05, 3.63) is 58.7 Å². The van der Waals surface area contributed by atoms with Crippen LogP contribution in [0.3, 0.4) is 0 Å². The van der Waals surface area contributed by atoms with Gasteiger partial charge in [-0.2, -0.15) is 0 Å². The number of aryl methyl sites for hydroxylation is 2. The van der Waals surface area contributed by atoms with Crippen LogP contribution in [-0.4, -0.2) is 0 Å². The van der Waals surface area contributed by atoms with Gasteiger partial charge in [0.2, 0.25) is 0 Å². The predicted molar refractivity (Wildman–Crippen MR) is 101 cm³/mol. The number of rotatable bonds is 4. The Morgan fingerprint density at radius 1 is 0.630 bits per heavy atom. The van der Waals surface area contributed by atoms with Crippen LogP contribution < -0.4 is 31.5 Å². The fraction of sp³-hybridized carbons (Fsp3) is 0.455. The Labute approximate surface area is 187 Å². The summed E-state index contributed by atoms with van der Waals surface area (Å²) in [5.74, 6) is 1.89. The van der Waals surface area contributed by atoms with Crippen LogP contribution in [0.5, 0.6) is 11.5 Å². The van der Waals surface area contributed by atoms with Crippen molar-refractivity contribution in [1.82, 2.24) is 0 Å². The van der Waals surface area contributed by atoms with Gasteiger partial charge in [-0.15, -0.1) is 0 Å². The quantitative estimate of drug-likeness (QED) is 0.630. The molecule has 0 heterocycles. The van der Waals surface area contributed by atoms with Gasteiger partial charge in [0.15, 0.2) is 0 Å². The maximum atomic E-state index is 6.12. The van der Waals surface area contributed by atoms with Crippen LogP contribution in [0.4, 0.5) is 0 Å². The van der Waals surface area contributed by atoms with Gasteiger partial charge in [0.25, 0.3) is 0 Å². The van der Waals surface area contributed by atoms with Crippen molar-refractivity contribution in [3.8, 4) is 11.5 Å². The molecule has 0 aromatic heterocycles. The van der Waals surface area contributed by atoms with Gasteiger partial charge in [-0.1, -0.05) is 0 Å². The molecule has 0 aliphatic rings. The number of hydrogen-bond donors (Lipinski definition) is 0. The molecule has 0 N–H and O–H groups in total. The first-order chi connectivity index (χ1) is 11.5. The minimum absolute atomic E-state index is 0. The summed E-state index contributed by atoms with van der Waals surface area (Å²) in [4.78, 5) is 0. The van der Waals surface area contributed by atoms with Crippen LogP contribution in [0, 0.1) is 13.8 Å². The van der Waals surface area contributed by atoms with E-state index in [2.05, 4.69) is 91.8 Å². The molecule has 0 saturated carbocycles. The van der Waals surface area contributed by atoms with E-state index in [1.807, 2.05) is 0 Å². The Kier molecular flexibility index (Phi) is 9.96. The summed E-state index contributed by atoms with van der Waals surface area (Å²) in [6, 6.07) is 12.8. The second-order valence-electron chi connectivity index (χ2n) is 8.79. The topological polar surface area (TPSA) is 18.5 Å². The molecular formula is C22H30Cl2O2Ti. The van der Waals surface area contributed by atoms with Gasteiger partial charge >= 0.3 is 163 Å². The fourth-order valence-electron chi connectivity index (χ4n) is 2.75. The van der Waals surface area contributed by atoms with E-state index in [1.54, 1.807) is 0 Å². The van der Waals surface area contributed by atoms with E-state index < -0.39 is 19.9 Å². The average molecular weight is 445 g/mol. The van der Waals surface area contributed by atoms with E-state index >= 15 is 0 Å². The summed E-state index contributed by atoms with van der Waals surface area (Å²) in [6.07, 6.45) is 0. The van der Waals surface area contributed by atoms with E-state index in [9.17, 15) is 0 Å². The number of halogens is 2. The van der Waals surface area contributed by atoms with Crippen molar-refractivity contribution >= 4 is 0 Å². The molecule has 5 heteroatoms. The first kappa shape index (κ1) is 26.3. The molecule has 0 amide bonds. The molecule has 0 spiro atoms. The molecule has 0 bridgehead atoms. The molecule has 0 aliphatic carbocycles. The molecular weight excluding hydrogens is 415 g/mol. The SMILES string of the molecule is Cc1ccc([O][Ti+2][O]c2ccc(C)cc2C(C)(C)C)c(C(C)(C)C)c1.[Cl-].[Cl-]. The number of benzene rings is 2. The molecule has 0 saturated heterocycles. The minimum Gasteiger partial charge on any atom is -1.00 e. The van der Waals surface area contributed by atoms with Crippen molar-refractivity contribution in [1.29, 1.82) is 0 Å². The minimum atomic E-state index is -1.03. The summed E-state index contributed by atoms with van der Waals surface area (Å²) in [6.45, 7) is 17.5. The van der Waals surface area contributed by atoms with Crippen molar-refractivity contribution in [2.75, 3.05) is 0 Å². The fourth-order valence-corrected chi connectivity index (χ4v) is 3.65. The monoisotopic (exact) mass is 444 g/mol. The van der Waals surface area contributed by atoms with Gasteiger partial charge < -0.3 is 24.8 Å². The zero-order valence-electron chi connectivity index (χ0n) is 17.5. The Balaban J connectivity index is 0.00000338. The summed E-state index contributed by atoms with van der Waals surface area (Å²) in [5.41, 5.74) is 5.08. The third kappa shape index (κ3) is 7.35. The van der Waals surface area contributed by atoms with E-state index in [0.717, 1.165) is 11.5 Å². The van der Waals surface area contributed by atoms with Crippen LogP contribution in [0.2, 0.25) is 0 Å². The Morgan fingerprint density at radius 2 is 0.963 bits per heavy atom. The second kappa shape index (κ2) is 10.2. The maximum absolute atomic E-state index is 6.12. The number of hydrogen-bond acceptors (Lipinski definition) is 2. The normalized spacial score (nSPS) is 11.0. The molecule has 0 unspecified atom stereocenters. The average Bonchev–Trinajstić information content (AvgIpc) is 2.48. The van der Waals surface area contributed by atoms with Crippen LogP contribution in [0.15, 0.2) is 36.4 Å². The Morgan fingerprint density at radius 3 is 1.26 bits per heavy atom. The molecule has 27 heavy (non-hydrogen) atoms. The summed E-state index contributed by atoms with van der Waals surface area (Å²) < 4.78 is 12.2. The molecule has 0 radical (unpaired) electrons. The maximum Gasteiger partial charge on any atom is -1.00 e. The Hall–Kier alpha value is -0.666. The van der Waals surface area contributed by atoms with Gasteiger partial charge in [-0.05, 0) is 0 Å². The molecule has 2 rings (SSSR count). The molecule has 2 nitrogen and oxygen atoms in total. The van der Waals surface area contributed by atoms with E-state index in [1.165, 1.54) is 22.3 Å². The van der Waals surface area contributed by atoms with E-state index in [-0.39, 0.29) is 35.6 Å². The Bertz CT molecular complexity index is 683. The predicted octanol–water partition coefficient (Wildman–Crippen LogP) is 0.277. The van der Waals surface area contributed by atoms with Crippen LogP contribution >= 0.6 is 0 Å². The van der Waals surface area contributed by atoms with Crippen LogP contribution in [0.25, 0.3) is 0 Å². The van der Waals surface area contributed by atoms with E-state index in [4.69, 9.17) is 6.64 Å². The largest absolute Gasteiger partial charge is 1.00 e.